The molecule has 1 fully saturated rings. The van der Waals surface area contributed by atoms with Gasteiger partial charge in [0, 0.05) is 0 Å². The topological polar surface area (TPSA) is 55.8 Å². The first-order valence-electron chi connectivity index (χ1n) is 4.90. The fourth-order valence-electron chi connectivity index (χ4n) is 1.65. The van der Waals surface area contributed by atoms with E-state index >= 15 is 0 Å². The standard InChI is InChI=1S/C11H11FO4/c12-8-3-1-7(2-4-8)9-10(11(13)14)16-6-5-15-9/h1-4,9-10H,5-6H2,(H,13,14)/t9-,10-/m0/s1. The smallest absolute Gasteiger partial charge is 0.335 e. The van der Waals surface area contributed by atoms with Gasteiger partial charge in [0.1, 0.15) is 11.9 Å². The Morgan fingerprint density at radius 1 is 1.25 bits per heavy atom. The van der Waals surface area contributed by atoms with Gasteiger partial charge in [-0.3, -0.25) is 0 Å². The van der Waals surface area contributed by atoms with E-state index in [4.69, 9.17) is 14.6 Å². The van der Waals surface area contributed by atoms with Crippen LogP contribution in [-0.4, -0.2) is 30.4 Å². The lowest BCUT2D eigenvalue weighted by molar-refractivity contribution is -0.181. The Hall–Kier alpha value is -1.46. The van der Waals surface area contributed by atoms with E-state index in [-0.39, 0.29) is 12.4 Å². The van der Waals surface area contributed by atoms with Gasteiger partial charge in [-0.15, -0.1) is 0 Å². The lowest BCUT2D eigenvalue weighted by Crippen LogP contribution is -2.38. The Bertz CT molecular complexity index is 376. The Morgan fingerprint density at radius 3 is 2.50 bits per heavy atom. The second-order valence-electron chi connectivity index (χ2n) is 3.47. The molecule has 1 aromatic carbocycles. The Balaban J connectivity index is 2.23. The highest BCUT2D eigenvalue weighted by atomic mass is 19.1. The van der Waals surface area contributed by atoms with Gasteiger partial charge < -0.3 is 14.6 Å². The summed E-state index contributed by atoms with van der Waals surface area (Å²) in [7, 11) is 0. The van der Waals surface area contributed by atoms with Crippen molar-refractivity contribution >= 4 is 5.97 Å². The minimum absolute atomic E-state index is 0.259. The zero-order chi connectivity index (χ0) is 11.5. The number of halogens is 1. The van der Waals surface area contributed by atoms with Crippen molar-refractivity contribution < 1.29 is 23.8 Å². The van der Waals surface area contributed by atoms with Gasteiger partial charge in [-0.05, 0) is 17.7 Å². The molecule has 4 nitrogen and oxygen atoms in total. The van der Waals surface area contributed by atoms with E-state index in [1.807, 2.05) is 0 Å². The van der Waals surface area contributed by atoms with Crippen molar-refractivity contribution in [2.75, 3.05) is 13.2 Å². The molecule has 0 radical (unpaired) electrons. The van der Waals surface area contributed by atoms with E-state index in [1.54, 1.807) is 0 Å². The second kappa shape index (κ2) is 4.59. The maximum atomic E-state index is 12.7. The third-order valence-corrected chi connectivity index (χ3v) is 2.40. The number of hydrogen-bond acceptors (Lipinski definition) is 3. The van der Waals surface area contributed by atoms with Crippen LogP contribution in [0.4, 0.5) is 4.39 Å². The molecular weight excluding hydrogens is 215 g/mol. The number of carboxylic acid groups (broad SMARTS) is 1. The molecule has 1 heterocycles. The van der Waals surface area contributed by atoms with Crippen LogP contribution >= 0.6 is 0 Å². The summed E-state index contributed by atoms with van der Waals surface area (Å²) in [5, 5.41) is 8.95. The maximum Gasteiger partial charge on any atom is 0.335 e. The maximum absolute atomic E-state index is 12.7. The molecule has 0 saturated carbocycles. The summed E-state index contributed by atoms with van der Waals surface area (Å²) in [5.74, 6) is -1.44. The average molecular weight is 226 g/mol. The van der Waals surface area contributed by atoms with Gasteiger partial charge in [-0.25, -0.2) is 9.18 Å². The number of rotatable bonds is 2. The van der Waals surface area contributed by atoms with Crippen molar-refractivity contribution in [3.8, 4) is 0 Å². The number of aliphatic carboxylic acids is 1. The van der Waals surface area contributed by atoms with Crippen molar-refractivity contribution in [1.82, 2.24) is 0 Å². The molecule has 1 aliphatic rings. The fraction of sp³-hybridized carbons (Fsp3) is 0.364. The predicted octanol–water partition coefficient (Wildman–Crippen LogP) is 1.37. The first-order valence-corrected chi connectivity index (χ1v) is 4.90. The number of carboxylic acids is 1. The highest BCUT2D eigenvalue weighted by molar-refractivity contribution is 5.73. The van der Waals surface area contributed by atoms with Crippen LogP contribution in [0.3, 0.4) is 0 Å². The molecule has 0 bridgehead atoms. The van der Waals surface area contributed by atoms with E-state index in [2.05, 4.69) is 0 Å². The summed E-state index contributed by atoms with van der Waals surface area (Å²) < 4.78 is 23.2. The number of carbonyl (C=O) groups is 1. The zero-order valence-electron chi connectivity index (χ0n) is 8.43. The van der Waals surface area contributed by atoms with Crippen LogP contribution in [0, 0.1) is 5.82 Å². The largest absolute Gasteiger partial charge is 0.479 e. The SMILES string of the molecule is O=C(O)[C@H]1OCCO[C@H]1c1ccc(F)cc1. The minimum atomic E-state index is -1.07. The highest BCUT2D eigenvalue weighted by Gasteiger charge is 2.34. The molecule has 16 heavy (non-hydrogen) atoms. The molecule has 0 aliphatic carbocycles. The Morgan fingerprint density at radius 2 is 1.88 bits per heavy atom. The van der Waals surface area contributed by atoms with Gasteiger partial charge in [0.05, 0.1) is 13.2 Å². The second-order valence-corrected chi connectivity index (χ2v) is 3.47. The highest BCUT2D eigenvalue weighted by Crippen LogP contribution is 2.26. The lowest BCUT2D eigenvalue weighted by Gasteiger charge is -2.29. The van der Waals surface area contributed by atoms with Crippen molar-refractivity contribution in [3.05, 3.63) is 35.6 Å². The summed E-state index contributed by atoms with van der Waals surface area (Å²) in [6, 6.07) is 5.55. The molecule has 5 heteroatoms. The minimum Gasteiger partial charge on any atom is -0.479 e. The van der Waals surface area contributed by atoms with Crippen LogP contribution < -0.4 is 0 Å². The van der Waals surface area contributed by atoms with Gasteiger partial charge in [-0.1, -0.05) is 12.1 Å². The molecule has 2 rings (SSSR count). The fourth-order valence-corrected chi connectivity index (χ4v) is 1.65. The molecule has 0 amide bonds. The summed E-state index contributed by atoms with van der Waals surface area (Å²) in [6.45, 7) is 0.598. The predicted molar refractivity (Wildman–Crippen MR) is 52.5 cm³/mol. The van der Waals surface area contributed by atoms with Crippen LogP contribution in [-0.2, 0) is 14.3 Å². The van der Waals surface area contributed by atoms with Crippen LogP contribution in [0.2, 0.25) is 0 Å². The molecule has 0 spiro atoms. The van der Waals surface area contributed by atoms with E-state index in [0.29, 0.717) is 12.2 Å². The molecule has 2 atom stereocenters. The quantitative estimate of drug-likeness (QED) is 0.827. The number of benzene rings is 1. The third kappa shape index (κ3) is 2.20. The van der Waals surface area contributed by atoms with Crippen LogP contribution in [0.15, 0.2) is 24.3 Å². The van der Waals surface area contributed by atoms with Crippen LogP contribution in [0.25, 0.3) is 0 Å². The number of hydrogen-bond donors (Lipinski definition) is 1. The lowest BCUT2D eigenvalue weighted by atomic mass is 10.0. The van der Waals surface area contributed by atoms with Gasteiger partial charge in [-0.2, -0.15) is 0 Å². The van der Waals surface area contributed by atoms with Crippen LogP contribution in [0.1, 0.15) is 11.7 Å². The van der Waals surface area contributed by atoms with Gasteiger partial charge in [0.15, 0.2) is 6.10 Å². The molecule has 86 valence electrons. The summed E-state index contributed by atoms with van der Waals surface area (Å²) in [4.78, 5) is 10.9. The van der Waals surface area contributed by atoms with Gasteiger partial charge in [0.25, 0.3) is 0 Å². The summed E-state index contributed by atoms with van der Waals surface area (Å²) in [5.41, 5.74) is 0.605. The van der Waals surface area contributed by atoms with Gasteiger partial charge >= 0.3 is 5.97 Å². The summed E-state index contributed by atoms with van der Waals surface area (Å²) >= 11 is 0. The third-order valence-electron chi connectivity index (χ3n) is 2.40. The van der Waals surface area contributed by atoms with E-state index in [9.17, 15) is 9.18 Å². The Kier molecular flexibility index (Phi) is 3.17. The van der Waals surface area contributed by atoms with Crippen LogP contribution in [0.5, 0.6) is 0 Å². The number of ether oxygens (including phenoxy) is 2. The monoisotopic (exact) mass is 226 g/mol. The van der Waals surface area contributed by atoms with Gasteiger partial charge in [0.2, 0.25) is 0 Å². The van der Waals surface area contributed by atoms with Crippen molar-refractivity contribution in [2.45, 2.75) is 12.2 Å². The van der Waals surface area contributed by atoms with E-state index < -0.39 is 18.2 Å². The first kappa shape index (κ1) is 11.0. The normalized spacial score (nSPS) is 25.3. The van der Waals surface area contributed by atoms with E-state index in [1.165, 1.54) is 24.3 Å². The molecular formula is C11H11FO4. The molecule has 1 saturated heterocycles. The molecule has 1 aromatic rings. The van der Waals surface area contributed by atoms with Crippen molar-refractivity contribution in [1.29, 1.82) is 0 Å². The molecule has 1 N–H and O–H groups in total. The van der Waals surface area contributed by atoms with E-state index in [0.717, 1.165) is 0 Å². The molecule has 0 unspecified atom stereocenters. The zero-order valence-corrected chi connectivity index (χ0v) is 8.43. The summed E-state index contributed by atoms with van der Waals surface area (Å²) in [6.07, 6.45) is -1.70. The average Bonchev–Trinajstić information content (AvgIpc) is 2.30. The van der Waals surface area contributed by atoms with Crippen molar-refractivity contribution in [2.24, 2.45) is 0 Å². The first-order chi connectivity index (χ1) is 7.68. The van der Waals surface area contributed by atoms with Crippen molar-refractivity contribution in [3.63, 3.8) is 0 Å². The molecule has 1 aliphatic heterocycles. The Labute approximate surface area is 91.6 Å². The molecule has 0 aromatic heterocycles.